The lowest BCUT2D eigenvalue weighted by molar-refractivity contribution is 0.620. The Labute approximate surface area is 100 Å². The Kier molecular flexibility index (Phi) is 2.57. The summed E-state index contributed by atoms with van der Waals surface area (Å²) in [6, 6.07) is 2.91. The molecule has 6 heteroatoms. The molecule has 0 atom stereocenters. The highest BCUT2D eigenvalue weighted by Crippen LogP contribution is 2.37. The number of halogens is 4. The number of benzene rings is 1. The highest BCUT2D eigenvalue weighted by molar-refractivity contribution is 6.66. The number of hydrogen-bond acceptors (Lipinski definition) is 1. The lowest BCUT2D eigenvalue weighted by Crippen LogP contribution is -2.02. The van der Waals surface area contributed by atoms with Gasteiger partial charge in [-0.1, -0.05) is 34.8 Å². The molecule has 0 saturated carbocycles. The second-order valence-electron chi connectivity index (χ2n) is 3.15. The van der Waals surface area contributed by atoms with E-state index in [0.717, 1.165) is 0 Å². The van der Waals surface area contributed by atoms with Gasteiger partial charge in [-0.05, 0) is 19.1 Å². The molecule has 0 spiro atoms. The minimum Gasteiger partial charge on any atom is -0.338 e. The van der Waals surface area contributed by atoms with Gasteiger partial charge in [0.05, 0.1) is 11.0 Å². The van der Waals surface area contributed by atoms with Crippen molar-refractivity contribution < 1.29 is 4.39 Å². The van der Waals surface area contributed by atoms with Crippen molar-refractivity contribution in [3.63, 3.8) is 0 Å². The fourth-order valence-corrected chi connectivity index (χ4v) is 1.59. The van der Waals surface area contributed by atoms with Crippen molar-refractivity contribution >= 4 is 45.8 Å². The van der Waals surface area contributed by atoms with Crippen molar-refractivity contribution in [2.24, 2.45) is 0 Å². The van der Waals surface area contributed by atoms with E-state index in [4.69, 9.17) is 34.8 Å². The van der Waals surface area contributed by atoms with E-state index in [2.05, 4.69) is 9.97 Å². The number of nitrogens with one attached hydrogen (secondary N) is 1. The first-order chi connectivity index (χ1) is 6.89. The highest BCUT2D eigenvalue weighted by Gasteiger charge is 2.27. The summed E-state index contributed by atoms with van der Waals surface area (Å²) < 4.78 is 11.6. The third-order valence-electron chi connectivity index (χ3n) is 2.11. The second kappa shape index (κ2) is 3.51. The van der Waals surface area contributed by atoms with Gasteiger partial charge in [0.25, 0.3) is 0 Å². The minimum absolute atomic E-state index is 0.191. The standard InChI is InChI=1S/C9H6Cl3FN2/c1-4-5(13)2-3-6-7(4)15-8(14-6)9(10,11)12/h2-3H,1H3,(H,14,15). The van der Waals surface area contributed by atoms with Gasteiger partial charge in [0.2, 0.25) is 3.79 Å². The molecule has 15 heavy (non-hydrogen) atoms. The molecule has 0 saturated heterocycles. The van der Waals surface area contributed by atoms with E-state index in [1.54, 1.807) is 13.0 Å². The predicted octanol–water partition coefficient (Wildman–Crippen LogP) is 3.84. The summed E-state index contributed by atoms with van der Waals surface area (Å²) in [5.41, 5.74) is 1.57. The van der Waals surface area contributed by atoms with Crippen LogP contribution in [0.5, 0.6) is 0 Å². The summed E-state index contributed by atoms with van der Waals surface area (Å²) in [5, 5.41) is 0. The Balaban J connectivity index is 2.72. The molecule has 1 heterocycles. The zero-order valence-electron chi connectivity index (χ0n) is 7.61. The Hall–Kier alpha value is -0.510. The van der Waals surface area contributed by atoms with Crippen LogP contribution in [0.15, 0.2) is 12.1 Å². The average molecular weight is 268 g/mol. The maximum Gasteiger partial charge on any atom is 0.248 e. The first kappa shape index (κ1) is 11.0. The molecule has 80 valence electrons. The summed E-state index contributed by atoms with van der Waals surface area (Å²) in [5.74, 6) is -0.138. The molecule has 0 aliphatic carbocycles. The third kappa shape index (κ3) is 1.92. The molecule has 0 amide bonds. The van der Waals surface area contributed by atoms with Gasteiger partial charge in [0.15, 0.2) is 5.82 Å². The molecule has 1 aromatic carbocycles. The fourth-order valence-electron chi connectivity index (χ4n) is 1.32. The molecule has 0 fully saturated rings. The van der Waals surface area contributed by atoms with Crippen LogP contribution < -0.4 is 0 Å². The van der Waals surface area contributed by atoms with Crippen molar-refractivity contribution in [1.82, 2.24) is 9.97 Å². The molecule has 0 aliphatic heterocycles. The van der Waals surface area contributed by atoms with Gasteiger partial charge in [0.1, 0.15) is 5.82 Å². The van der Waals surface area contributed by atoms with Crippen molar-refractivity contribution in [3.05, 3.63) is 29.3 Å². The van der Waals surface area contributed by atoms with Gasteiger partial charge in [-0.25, -0.2) is 9.37 Å². The predicted molar refractivity (Wildman–Crippen MR) is 60.0 cm³/mol. The number of imidazole rings is 1. The van der Waals surface area contributed by atoms with Crippen LogP contribution in [-0.2, 0) is 3.79 Å². The Morgan fingerprint density at radius 3 is 2.60 bits per heavy atom. The summed E-state index contributed by atoms with van der Waals surface area (Å²) >= 11 is 17.0. The van der Waals surface area contributed by atoms with Crippen molar-refractivity contribution in [3.8, 4) is 0 Å². The fraction of sp³-hybridized carbons (Fsp3) is 0.222. The van der Waals surface area contributed by atoms with Gasteiger partial charge in [0, 0.05) is 5.56 Å². The van der Waals surface area contributed by atoms with E-state index < -0.39 is 3.79 Å². The summed E-state index contributed by atoms with van der Waals surface area (Å²) in [6.45, 7) is 1.63. The first-order valence-electron chi connectivity index (χ1n) is 4.11. The molecule has 0 unspecified atom stereocenters. The second-order valence-corrected chi connectivity index (χ2v) is 5.43. The number of alkyl halides is 3. The van der Waals surface area contributed by atoms with E-state index in [1.165, 1.54) is 6.07 Å². The number of fused-ring (bicyclic) bond motifs is 1. The smallest absolute Gasteiger partial charge is 0.248 e. The number of aromatic nitrogens is 2. The quantitative estimate of drug-likeness (QED) is 0.722. The van der Waals surface area contributed by atoms with Gasteiger partial charge in [-0.2, -0.15) is 0 Å². The maximum absolute atomic E-state index is 13.2. The van der Waals surface area contributed by atoms with Crippen LogP contribution in [0.25, 0.3) is 11.0 Å². The van der Waals surface area contributed by atoms with Crippen LogP contribution in [0.4, 0.5) is 4.39 Å². The van der Waals surface area contributed by atoms with E-state index in [1.807, 2.05) is 0 Å². The number of aryl methyl sites for hydroxylation is 1. The largest absolute Gasteiger partial charge is 0.338 e. The molecule has 0 radical (unpaired) electrons. The van der Waals surface area contributed by atoms with Crippen molar-refractivity contribution in [2.45, 2.75) is 10.7 Å². The van der Waals surface area contributed by atoms with Gasteiger partial charge in [-0.3, -0.25) is 0 Å². The van der Waals surface area contributed by atoms with E-state index >= 15 is 0 Å². The van der Waals surface area contributed by atoms with Crippen LogP contribution in [0, 0.1) is 12.7 Å². The van der Waals surface area contributed by atoms with Crippen molar-refractivity contribution in [2.75, 3.05) is 0 Å². The highest BCUT2D eigenvalue weighted by atomic mass is 35.6. The molecule has 1 N–H and O–H groups in total. The lowest BCUT2D eigenvalue weighted by atomic mass is 10.2. The first-order valence-corrected chi connectivity index (χ1v) is 5.25. The Bertz CT molecular complexity index is 516. The molecule has 2 aromatic rings. The summed E-state index contributed by atoms with van der Waals surface area (Å²) in [7, 11) is 0. The molecular weight excluding hydrogens is 261 g/mol. The monoisotopic (exact) mass is 266 g/mol. The van der Waals surface area contributed by atoms with E-state index in [9.17, 15) is 4.39 Å². The van der Waals surface area contributed by atoms with Crippen LogP contribution in [0.3, 0.4) is 0 Å². The molecule has 0 aliphatic rings. The molecule has 0 bridgehead atoms. The third-order valence-corrected chi connectivity index (χ3v) is 2.65. The van der Waals surface area contributed by atoms with Gasteiger partial charge < -0.3 is 4.98 Å². The Morgan fingerprint density at radius 2 is 2.00 bits per heavy atom. The molecule has 1 aromatic heterocycles. The minimum atomic E-state index is -1.62. The number of nitrogens with zero attached hydrogens (tertiary/aromatic N) is 1. The van der Waals surface area contributed by atoms with Crippen molar-refractivity contribution in [1.29, 1.82) is 0 Å². The zero-order valence-corrected chi connectivity index (χ0v) is 9.88. The van der Waals surface area contributed by atoms with E-state index in [0.29, 0.717) is 16.6 Å². The number of rotatable bonds is 0. The van der Waals surface area contributed by atoms with Crippen LogP contribution in [0.2, 0.25) is 0 Å². The number of aromatic amines is 1. The molecule has 2 rings (SSSR count). The molecule has 2 nitrogen and oxygen atoms in total. The summed E-state index contributed by atoms with van der Waals surface area (Å²) in [6.07, 6.45) is 0. The van der Waals surface area contributed by atoms with Crippen LogP contribution in [0.1, 0.15) is 11.4 Å². The van der Waals surface area contributed by atoms with Gasteiger partial charge >= 0.3 is 0 Å². The average Bonchev–Trinajstić information content (AvgIpc) is 2.55. The van der Waals surface area contributed by atoms with Crippen LogP contribution >= 0.6 is 34.8 Å². The lowest BCUT2D eigenvalue weighted by Gasteiger charge is -2.04. The van der Waals surface area contributed by atoms with E-state index in [-0.39, 0.29) is 11.6 Å². The zero-order chi connectivity index (χ0) is 11.2. The maximum atomic E-state index is 13.2. The number of hydrogen-bond donors (Lipinski definition) is 1. The number of H-pyrrole nitrogens is 1. The molecular formula is C9H6Cl3FN2. The topological polar surface area (TPSA) is 28.7 Å². The SMILES string of the molecule is Cc1c(F)ccc2[nH]c(C(Cl)(Cl)Cl)nc12. The van der Waals surface area contributed by atoms with Gasteiger partial charge in [-0.15, -0.1) is 0 Å². The normalized spacial score (nSPS) is 12.3. The summed E-state index contributed by atoms with van der Waals surface area (Å²) in [4.78, 5) is 6.88. The van der Waals surface area contributed by atoms with Crippen LogP contribution in [-0.4, -0.2) is 9.97 Å². The Morgan fingerprint density at radius 1 is 1.33 bits per heavy atom.